The number of hydrogen-bond acceptors (Lipinski definition) is 3. The quantitative estimate of drug-likeness (QED) is 0.830. The number of carboxylic acid groups (broad SMARTS) is 1. The molecule has 1 atom stereocenters. The van der Waals surface area contributed by atoms with E-state index in [0.717, 1.165) is 25.1 Å². The van der Waals surface area contributed by atoms with Crippen molar-refractivity contribution in [3.63, 3.8) is 0 Å². The number of carbonyl (C=O) groups is 1. The fourth-order valence-electron chi connectivity index (χ4n) is 3.34. The second-order valence-electron chi connectivity index (χ2n) is 6.30. The van der Waals surface area contributed by atoms with Crippen LogP contribution in [-0.4, -0.2) is 38.8 Å². The van der Waals surface area contributed by atoms with Crippen LogP contribution in [0.15, 0.2) is 42.7 Å². The molecule has 5 heteroatoms. The van der Waals surface area contributed by atoms with Gasteiger partial charge in [-0.25, -0.2) is 4.79 Å². The summed E-state index contributed by atoms with van der Waals surface area (Å²) in [6, 6.07) is 8.68. The predicted molar refractivity (Wildman–Crippen MR) is 93.6 cm³/mol. The van der Waals surface area contributed by atoms with Crippen LogP contribution in [0.2, 0.25) is 0 Å². The molecule has 1 saturated heterocycles. The minimum absolute atomic E-state index is 0.458. The maximum Gasteiger partial charge on any atom is 0.328 e. The lowest BCUT2D eigenvalue weighted by Gasteiger charge is -2.24. The molecule has 0 unspecified atom stereocenters. The first-order valence-electron chi connectivity index (χ1n) is 8.34. The van der Waals surface area contributed by atoms with Crippen molar-refractivity contribution in [3.05, 3.63) is 59.4 Å². The van der Waals surface area contributed by atoms with Gasteiger partial charge in [0.15, 0.2) is 0 Å². The summed E-state index contributed by atoms with van der Waals surface area (Å²) in [4.78, 5) is 13.1. The van der Waals surface area contributed by atoms with Crippen LogP contribution in [0, 0.1) is 0 Å². The summed E-state index contributed by atoms with van der Waals surface area (Å²) in [6.07, 6.45) is 10.2. The average molecular weight is 325 g/mol. The van der Waals surface area contributed by atoms with E-state index in [1.165, 1.54) is 30.0 Å². The van der Waals surface area contributed by atoms with Gasteiger partial charge >= 0.3 is 5.97 Å². The average Bonchev–Trinajstić information content (AvgIpc) is 3.20. The first kappa shape index (κ1) is 16.5. The molecular formula is C19H23N3O2. The lowest BCUT2D eigenvalue weighted by Crippen LogP contribution is -2.25. The van der Waals surface area contributed by atoms with Gasteiger partial charge in [0, 0.05) is 31.9 Å². The molecule has 0 radical (unpaired) electrons. The van der Waals surface area contributed by atoms with Gasteiger partial charge in [-0.2, -0.15) is 5.10 Å². The van der Waals surface area contributed by atoms with Crippen LogP contribution in [0.25, 0.3) is 6.08 Å². The van der Waals surface area contributed by atoms with Gasteiger partial charge in [0.1, 0.15) is 0 Å². The van der Waals surface area contributed by atoms with Gasteiger partial charge in [-0.05, 0) is 48.6 Å². The van der Waals surface area contributed by atoms with Crippen molar-refractivity contribution in [2.75, 3.05) is 13.1 Å². The Morgan fingerprint density at radius 3 is 2.83 bits per heavy atom. The highest BCUT2D eigenvalue weighted by atomic mass is 16.4. The minimum Gasteiger partial charge on any atom is -0.478 e. The van der Waals surface area contributed by atoms with E-state index in [4.69, 9.17) is 5.11 Å². The number of hydrogen-bond donors (Lipinski definition) is 1. The van der Waals surface area contributed by atoms with Crippen LogP contribution in [0.3, 0.4) is 0 Å². The molecule has 1 aromatic heterocycles. The van der Waals surface area contributed by atoms with Crippen LogP contribution in [0.5, 0.6) is 0 Å². The summed E-state index contributed by atoms with van der Waals surface area (Å²) in [7, 11) is 1.95. The molecule has 1 fully saturated rings. The van der Waals surface area contributed by atoms with Gasteiger partial charge in [-0.1, -0.05) is 24.3 Å². The fourth-order valence-corrected chi connectivity index (χ4v) is 3.34. The number of aryl methyl sites for hydroxylation is 1. The molecule has 0 amide bonds. The molecule has 1 aliphatic rings. The number of aliphatic carboxylic acids is 1. The molecule has 2 heterocycles. The molecule has 0 bridgehead atoms. The summed E-state index contributed by atoms with van der Waals surface area (Å²) in [5.74, 6) is -0.920. The number of likely N-dealkylation sites (tertiary alicyclic amines) is 1. The zero-order valence-electron chi connectivity index (χ0n) is 13.9. The summed E-state index contributed by atoms with van der Waals surface area (Å²) < 4.78 is 1.85. The highest BCUT2D eigenvalue weighted by Crippen LogP contribution is 2.32. The van der Waals surface area contributed by atoms with Crippen molar-refractivity contribution in [2.24, 2.45) is 7.05 Å². The molecule has 0 aliphatic carbocycles. The third-order valence-electron chi connectivity index (χ3n) is 4.55. The van der Waals surface area contributed by atoms with Crippen LogP contribution < -0.4 is 0 Å². The van der Waals surface area contributed by atoms with E-state index in [1.807, 2.05) is 30.1 Å². The van der Waals surface area contributed by atoms with E-state index in [0.29, 0.717) is 6.04 Å². The van der Waals surface area contributed by atoms with Crippen molar-refractivity contribution in [1.82, 2.24) is 14.7 Å². The molecule has 1 N–H and O–H groups in total. The van der Waals surface area contributed by atoms with E-state index in [2.05, 4.69) is 28.3 Å². The largest absolute Gasteiger partial charge is 0.478 e. The molecule has 2 aromatic rings. The van der Waals surface area contributed by atoms with Gasteiger partial charge < -0.3 is 5.11 Å². The topological polar surface area (TPSA) is 58.4 Å². The Hall–Kier alpha value is -2.40. The van der Waals surface area contributed by atoms with Crippen LogP contribution in [-0.2, 0) is 18.3 Å². The van der Waals surface area contributed by atoms with Crippen molar-refractivity contribution in [3.8, 4) is 0 Å². The van der Waals surface area contributed by atoms with Crippen LogP contribution in [0.1, 0.15) is 35.6 Å². The molecule has 3 rings (SSSR count). The van der Waals surface area contributed by atoms with Gasteiger partial charge in [-0.15, -0.1) is 0 Å². The zero-order valence-corrected chi connectivity index (χ0v) is 13.9. The fraction of sp³-hybridized carbons (Fsp3) is 0.368. The first-order chi connectivity index (χ1) is 11.6. The zero-order chi connectivity index (χ0) is 16.9. The van der Waals surface area contributed by atoms with Gasteiger partial charge in [0.25, 0.3) is 0 Å². The number of benzene rings is 1. The number of rotatable bonds is 6. The maximum absolute atomic E-state index is 10.6. The van der Waals surface area contributed by atoms with Crippen molar-refractivity contribution >= 4 is 12.0 Å². The molecule has 1 aliphatic heterocycles. The Labute approximate surface area is 142 Å². The van der Waals surface area contributed by atoms with E-state index < -0.39 is 5.97 Å². The molecule has 5 nitrogen and oxygen atoms in total. The summed E-state index contributed by atoms with van der Waals surface area (Å²) >= 11 is 0. The Morgan fingerprint density at radius 2 is 2.17 bits per heavy atom. The van der Waals surface area contributed by atoms with E-state index >= 15 is 0 Å². The van der Waals surface area contributed by atoms with Gasteiger partial charge in [0.05, 0.1) is 6.20 Å². The van der Waals surface area contributed by atoms with Crippen LogP contribution >= 0.6 is 0 Å². The molecule has 0 spiro atoms. The Balaban J connectivity index is 1.63. The molecule has 126 valence electrons. The van der Waals surface area contributed by atoms with Crippen molar-refractivity contribution in [1.29, 1.82) is 0 Å². The molecule has 0 saturated carbocycles. The van der Waals surface area contributed by atoms with E-state index in [-0.39, 0.29) is 0 Å². The molecular weight excluding hydrogens is 302 g/mol. The third-order valence-corrected chi connectivity index (χ3v) is 4.55. The van der Waals surface area contributed by atoms with Gasteiger partial charge in [-0.3, -0.25) is 9.58 Å². The normalized spacial score (nSPS) is 18.5. The summed E-state index contributed by atoms with van der Waals surface area (Å²) in [5, 5.41) is 12.9. The monoisotopic (exact) mass is 325 g/mol. The predicted octanol–water partition coefficient (Wildman–Crippen LogP) is 2.90. The standard InChI is InChI=1S/C19H23N3O2/c1-21-14-16(13-20-21)10-12-22-11-2-3-18(22)17-7-4-15(5-8-17)6-9-19(23)24/h4-9,13-14,18H,2-3,10-12H2,1H3,(H,23,24)/b9-6+/t18-/m0/s1. The lowest BCUT2D eigenvalue weighted by atomic mass is 10.0. The molecule has 24 heavy (non-hydrogen) atoms. The number of aromatic nitrogens is 2. The highest BCUT2D eigenvalue weighted by molar-refractivity contribution is 5.85. The minimum atomic E-state index is -0.920. The lowest BCUT2D eigenvalue weighted by molar-refractivity contribution is -0.131. The van der Waals surface area contributed by atoms with Crippen LogP contribution in [0.4, 0.5) is 0 Å². The highest BCUT2D eigenvalue weighted by Gasteiger charge is 2.25. The van der Waals surface area contributed by atoms with E-state index in [1.54, 1.807) is 6.08 Å². The Bertz CT molecular complexity index is 718. The Morgan fingerprint density at radius 1 is 1.38 bits per heavy atom. The second kappa shape index (κ2) is 7.45. The molecule has 1 aromatic carbocycles. The SMILES string of the molecule is Cn1cc(CCN2CCC[C@H]2c2ccc(/C=C/C(=O)O)cc2)cn1. The summed E-state index contributed by atoms with van der Waals surface area (Å²) in [6.45, 7) is 2.17. The number of carboxylic acids is 1. The summed E-state index contributed by atoms with van der Waals surface area (Å²) in [5.41, 5.74) is 3.50. The third kappa shape index (κ3) is 4.11. The number of nitrogens with zero attached hydrogens (tertiary/aromatic N) is 3. The van der Waals surface area contributed by atoms with Gasteiger partial charge in [0.2, 0.25) is 0 Å². The van der Waals surface area contributed by atoms with Crippen molar-refractivity contribution in [2.45, 2.75) is 25.3 Å². The smallest absolute Gasteiger partial charge is 0.328 e. The first-order valence-corrected chi connectivity index (χ1v) is 8.34. The second-order valence-corrected chi connectivity index (χ2v) is 6.30. The maximum atomic E-state index is 10.6. The van der Waals surface area contributed by atoms with Crippen molar-refractivity contribution < 1.29 is 9.90 Å². The van der Waals surface area contributed by atoms with E-state index in [9.17, 15) is 4.79 Å². The Kier molecular flexibility index (Phi) is 5.11.